The number of methoxy groups -OCH3 is 1. The van der Waals surface area contributed by atoms with Crippen molar-refractivity contribution in [3.8, 4) is 17.1 Å². The molecule has 2 N–H and O–H groups in total. The fraction of sp³-hybridized carbons (Fsp3) is 0.375. The van der Waals surface area contributed by atoms with Crippen molar-refractivity contribution in [2.75, 3.05) is 7.11 Å². The molecule has 0 atom stereocenters. The fourth-order valence-electron chi connectivity index (χ4n) is 2.40. The van der Waals surface area contributed by atoms with Crippen molar-refractivity contribution in [1.82, 2.24) is 14.9 Å². The number of carboxylic acid groups (broad SMARTS) is 1. The first-order valence-electron chi connectivity index (χ1n) is 7.54. The molecule has 0 aliphatic rings. The van der Waals surface area contributed by atoms with Crippen LogP contribution in [0.4, 0.5) is 22.4 Å². The van der Waals surface area contributed by atoms with Crippen LogP contribution in [0, 0.1) is 5.82 Å². The van der Waals surface area contributed by atoms with E-state index in [4.69, 9.17) is 9.84 Å². The standard InChI is InChI=1S/C16H17F4N3O3/c1-8(2)23-7-12(16(18,19)20)22-14(23)13-10(17)4-9(5-11(13)26-3)6-21-15(24)25/h4-5,7-8,21H,6H2,1-3H3,(H,24,25). The summed E-state index contributed by atoms with van der Waals surface area (Å²) >= 11 is 0. The van der Waals surface area contributed by atoms with Crippen molar-refractivity contribution in [3.63, 3.8) is 0 Å². The maximum atomic E-state index is 14.7. The molecule has 1 amide bonds. The van der Waals surface area contributed by atoms with Gasteiger partial charge in [-0.1, -0.05) is 0 Å². The summed E-state index contributed by atoms with van der Waals surface area (Å²) in [6.07, 6.45) is -5.15. The van der Waals surface area contributed by atoms with Crippen LogP contribution in [0.15, 0.2) is 18.3 Å². The Balaban J connectivity index is 2.60. The number of aromatic nitrogens is 2. The Labute approximate surface area is 146 Å². The summed E-state index contributed by atoms with van der Waals surface area (Å²) in [5.41, 5.74) is -1.11. The first kappa shape index (κ1) is 19.5. The molecule has 1 aromatic heterocycles. The summed E-state index contributed by atoms with van der Waals surface area (Å²) in [4.78, 5) is 14.1. The lowest BCUT2D eigenvalue weighted by molar-refractivity contribution is -0.140. The maximum absolute atomic E-state index is 14.7. The van der Waals surface area contributed by atoms with E-state index in [1.54, 1.807) is 13.8 Å². The van der Waals surface area contributed by atoms with Gasteiger partial charge in [0.15, 0.2) is 5.69 Å². The van der Waals surface area contributed by atoms with Crippen LogP contribution in [0.2, 0.25) is 0 Å². The van der Waals surface area contributed by atoms with Gasteiger partial charge in [0.2, 0.25) is 0 Å². The zero-order valence-electron chi connectivity index (χ0n) is 14.2. The Morgan fingerprint density at radius 1 is 1.38 bits per heavy atom. The molecule has 0 aliphatic heterocycles. The van der Waals surface area contributed by atoms with Gasteiger partial charge in [0.1, 0.15) is 17.4 Å². The monoisotopic (exact) mass is 375 g/mol. The maximum Gasteiger partial charge on any atom is 0.434 e. The normalized spacial score (nSPS) is 11.7. The molecule has 142 valence electrons. The van der Waals surface area contributed by atoms with Crippen LogP contribution in [0.3, 0.4) is 0 Å². The number of carbonyl (C=O) groups is 1. The van der Waals surface area contributed by atoms with Crippen molar-refractivity contribution in [3.05, 3.63) is 35.4 Å². The number of rotatable bonds is 5. The molecule has 2 aromatic rings. The third-order valence-corrected chi connectivity index (χ3v) is 3.58. The summed E-state index contributed by atoms with van der Waals surface area (Å²) in [5, 5.41) is 10.7. The minimum absolute atomic E-state index is 0.0478. The average molecular weight is 375 g/mol. The summed E-state index contributed by atoms with van der Waals surface area (Å²) in [7, 11) is 1.24. The number of imidazole rings is 1. The quantitative estimate of drug-likeness (QED) is 0.773. The van der Waals surface area contributed by atoms with Crippen LogP contribution >= 0.6 is 0 Å². The molecule has 26 heavy (non-hydrogen) atoms. The molecule has 0 fully saturated rings. The smallest absolute Gasteiger partial charge is 0.434 e. The Morgan fingerprint density at radius 3 is 2.54 bits per heavy atom. The molecule has 2 rings (SSSR count). The second-order valence-corrected chi connectivity index (χ2v) is 5.76. The highest BCUT2D eigenvalue weighted by atomic mass is 19.4. The molecule has 10 heteroatoms. The number of nitrogens with zero attached hydrogens (tertiary/aromatic N) is 2. The number of benzene rings is 1. The lowest BCUT2D eigenvalue weighted by atomic mass is 10.1. The van der Waals surface area contributed by atoms with Gasteiger partial charge in [0.25, 0.3) is 0 Å². The van der Waals surface area contributed by atoms with Gasteiger partial charge >= 0.3 is 12.3 Å². The fourth-order valence-corrected chi connectivity index (χ4v) is 2.40. The lowest BCUT2D eigenvalue weighted by Gasteiger charge is -2.15. The number of ether oxygens (including phenoxy) is 1. The van der Waals surface area contributed by atoms with Crippen LogP contribution in [0.1, 0.15) is 31.1 Å². The first-order chi connectivity index (χ1) is 12.0. The van der Waals surface area contributed by atoms with Crippen LogP contribution in [0.25, 0.3) is 11.4 Å². The minimum atomic E-state index is -4.68. The number of hydrogen-bond acceptors (Lipinski definition) is 3. The molecule has 0 aliphatic carbocycles. The van der Waals surface area contributed by atoms with Crippen molar-refractivity contribution in [1.29, 1.82) is 0 Å². The van der Waals surface area contributed by atoms with Crippen molar-refractivity contribution in [2.45, 2.75) is 32.6 Å². The topological polar surface area (TPSA) is 76.4 Å². The Kier molecular flexibility index (Phi) is 5.43. The molecule has 0 saturated heterocycles. The van der Waals surface area contributed by atoms with Crippen molar-refractivity contribution in [2.24, 2.45) is 0 Å². The van der Waals surface area contributed by atoms with E-state index in [0.717, 1.165) is 12.3 Å². The van der Waals surface area contributed by atoms with E-state index in [2.05, 4.69) is 10.3 Å². The Hall–Kier alpha value is -2.78. The highest BCUT2D eigenvalue weighted by molar-refractivity contribution is 5.68. The first-order valence-corrected chi connectivity index (χ1v) is 7.54. The van der Waals surface area contributed by atoms with Gasteiger partial charge in [-0.05, 0) is 31.5 Å². The highest BCUT2D eigenvalue weighted by Gasteiger charge is 2.36. The molecular formula is C16H17F4N3O3. The number of hydrogen-bond donors (Lipinski definition) is 2. The van der Waals surface area contributed by atoms with Gasteiger partial charge in [-0.3, -0.25) is 0 Å². The molecule has 6 nitrogen and oxygen atoms in total. The van der Waals surface area contributed by atoms with Crippen LogP contribution in [0.5, 0.6) is 5.75 Å². The predicted octanol–water partition coefficient (Wildman–Crippen LogP) is 4.07. The van der Waals surface area contributed by atoms with Crippen molar-refractivity contribution >= 4 is 6.09 Å². The van der Waals surface area contributed by atoms with Crippen molar-refractivity contribution < 1.29 is 32.2 Å². The average Bonchev–Trinajstić information content (AvgIpc) is 2.97. The molecule has 0 bridgehead atoms. The van der Waals surface area contributed by atoms with Gasteiger partial charge in [-0.15, -0.1) is 0 Å². The van der Waals surface area contributed by atoms with E-state index in [1.165, 1.54) is 17.7 Å². The van der Waals surface area contributed by atoms with E-state index in [9.17, 15) is 22.4 Å². The van der Waals surface area contributed by atoms with Gasteiger partial charge in [-0.2, -0.15) is 13.2 Å². The molecule has 1 heterocycles. The molecular weight excluding hydrogens is 358 g/mol. The van der Waals surface area contributed by atoms with Gasteiger partial charge in [-0.25, -0.2) is 14.2 Å². The van der Waals surface area contributed by atoms with Gasteiger partial charge in [0.05, 0.1) is 12.7 Å². The Morgan fingerprint density at radius 2 is 2.04 bits per heavy atom. The number of amides is 1. The van der Waals surface area contributed by atoms with Crippen LogP contribution < -0.4 is 10.1 Å². The minimum Gasteiger partial charge on any atom is -0.496 e. The van der Waals surface area contributed by atoms with Crippen LogP contribution in [-0.2, 0) is 12.7 Å². The predicted molar refractivity (Wildman–Crippen MR) is 84.4 cm³/mol. The highest BCUT2D eigenvalue weighted by Crippen LogP contribution is 2.37. The van der Waals surface area contributed by atoms with Gasteiger partial charge in [0, 0.05) is 18.8 Å². The van der Waals surface area contributed by atoms with E-state index >= 15 is 0 Å². The summed E-state index contributed by atoms with van der Waals surface area (Å²) in [5.74, 6) is -1.14. The van der Waals surface area contributed by atoms with Crippen LogP contribution in [-0.4, -0.2) is 27.9 Å². The summed E-state index contributed by atoms with van der Waals surface area (Å²) in [6.45, 7) is 3.09. The van der Waals surface area contributed by atoms with E-state index in [1.807, 2.05) is 0 Å². The summed E-state index contributed by atoms with van der Waals surface area (Å²) < 4.78 is 60.0. The van der Waals surface area contributed by atoms with Gasteiger partial charge < -0.3 is 19.7 Å². The molecule has 0 unspecified atom stereocenters. The van der Waals surface area contributed by atoms with E-state index in [-0.39, 0.29) is 29.2 Å². The number of halogens is 4. The number of nitrogens with one attached hydrogen (secondary N) is 1. The second-order valence-electron chi connectivity index (χ2n) is 5.76. The molecule has 0 saturated carbocycles. The third-order valence-electron chi connectivity index (χ3n) is 3.58. The Bertz CT molecular complexity index is 816. The number of alkyl halides is 3. The molecule has 0 spiro atoms. The van der Waals surface area contributed by atoms with E-state index in [0.29, 0.717) is 0 Å². The lowest BCUT2D eigenvalue weighted by Crippen LogP contribution is -2.20. The zero-order valence-corrected chi connectivity index (χ0v) is 14.2. The molecule has 1 aromatic carbocycles. The SMILES string of the molecule is COc1cc(CNC(=O)O)cc(F)c1-c1nc(C(F)(F)F)cn1C(C)C. The van der Waals surface area contributed by atoms with E-state index < -0.39 is 29.8 Å². The largest absolute Gasteiger partial charge is 0.496 e. The molecule has 0 radical (unpaired) electrons. The third kappa shape index (κ3) is 4.06. The zero-order chi connectivity index (χ0) is 19.6. The second kappa shape index (κ2) is 7.22. The summed E-state index contributed by atoms with van der Waals surface area (Å²) in [6, 6.07) is 1.97.